The van der Waals surface area contributed by atoms with Crippen molar-refractivity contribution in [3.63, 3.8) is 0 Å². The first kappa shape index (κ1) is 15.0. The molecule has 106 valence electrons. The Hall–Kier alpha value is -1.39. The summed E-state index contributed by atoms with van der Waals surface area (Å²) in [6.45, 7) is 5.50. The highest BCUT2D eigenvalue weighted by Gasteiger charge is 2.10. The van der Waals surface area contributed by atoms with Crippen LogP contribution in [0.1, 0.15) is 29.7 Å². The molecule has 0 unspecified atom stereocenters. The molecule has 0 bridgehead atoms. The van der Waals surface area contributed by atoms with Gasteiger partial charge in [0.15, 0.2) is 11.6 Å². The van der Waals surface area contributed by atoms with Crippen molar-refractivity contribution < 1.29 is 14.2 Å². The number of hydrogen-bond donors (Lipinski definition) is 1. The van der Waals surface area contributed by atoms with E-state index in [-0.39, 0.29) is 5.75 Å². The fourth-order valence-corrected chi connectivity index (χ4v) is 2.18. The first-order valence-electron chi connectivity index (χ1n) is 6.30. The molecule has 0 heterocycles. The minimum absolute atomic E-state index is 0.149. The highest BCUT2D eigenvalue weighted by molar-refractivity contribution is 9.10. The molecule has 0 aliphatic heterocycles. The van der Waals surface area contributed by atoms with Gasteiger partial charge in [-0.2, -0.15) is 0 Å². The quantitative estimate of drug-likeness (QED) is 0.848. The molecule has 0 saturated carbocycles. The van der Waals surface area contributed by atoms with Gasteiger partial charge in [-0.25, -0.2) is 4.39 Å². The van der Waals surface area contributed by atoms with Gasteiger partial charge < -0.3 is 9.84 Å². The summed E-state index contributed by atoms with van der Waals surface area (Å²) in [5.74, 6) is 0.254. The van der Waals surface area contributed by atoms with Crippen molar-refractivity contribution >= 4 is 15.9 Å². The molecule has 0 saturated heterocycles. The molecular weight excluding hydrogens is 323 g/mol. The molecule has 2 aromatic carbocycles. The van der Waals surface area contributed by atoms with Crippen LogP contribution in [-0.4, -0.2) is 5.11 Å². The molecule has 0 spiro atoms. The molecule has 0 aromatic heterocycles. The number of rotatable bonds is 3. The highest BCUT2D eigenvalue weighted by Crippen LogP contribution is 2.31. The maximum absolute atomic E-state index is 13.9. The first-order chi connectivity index (χ1) is 9.38. The van der Waals surface area contributed by atoms with Crippen LogP contribution in [0.3, 0.4) is 0 Å². The summed E-state index contributed by atoms with van der Waals surface area (Å²) >= 11 is 3.48. The number of aryl methyl sites for hydroxylation is 2. The number of halogens is 2. The summed E-state index contributed by atoms with van der Waals surface area (Å²) in [5, 5.41) is 9.42. The average molecular weight is 339 g/mol. The summed E-state index contributed by atoms with van der Waals surface area (Å²) < 4.78 is 20.5. The van der Waals surface area contributed by atoms with Crippen LogP contribution in [0.2, 0.25) is 0 Å². The van der Waals surface area contributed by atoms with Crippen molar-refractivity contribution in [2.75, 3.05) is 0 Å². The fourth-order valence-electron chi connectivity index (χ4n) is 1.95. The van der Waals surface area contributed by atoms with Gasteiger partial charge in [0, 0.05) is 4.47 Å². The van der Waals surface area contributed by atoms with Crippen LogP contribution >= 0.6 is 15.9 Å². The Balaban J connectivity index is 2.31. The Morgan fingerprint density at radius 3 is 2.25 bits per heavy atom. The molecule has 2 nitrogen and oxygen atoms in total. The Kier molecular flexibility index (Phi) is 4.45. The van der Waals surface area contributed by atoms with Gasteiger partial charge in [0.2, 0.25) is 0 Å². The molecule has 4 heteroatoms. The Labute approximate surface area is 126 Å². The van der Waals surface area contributed by atoms with Crippen molar-refractivity contribution in [1.29, 1.82) is 0 Å². The SMILES string of the molecule is Cc1cc(Oc2ccc([C@H](C)O)cc2F)cc(C)c1Br. The molecule has 1 N–H and O–H groups in total. The van der Waals surface area contributed by atoms with Crippen LogP contribution in [0.15, 0.2) is 34.8 Å². The molecule has 0 amide bonds. The lowest BCUT2D eigenvalue weighted by Gasteiger charge is -2.12. The molecule has 20 heavy (non-hydrogen) atoms. The zero-order chi connectivity index (χ0) is 14.9. The molecule has 0 fully saturated rings. The predicted molar refractivity (Wildman–Crippen MR) is 80.7 cm³/mol. The molecule has 1 atom stereocenters. The minimum Gasteiger partial charge on any atom is -0.454 e. The zero-order valence-electron chi connectivity index (χ0n) is 11.6. The Bertz CT molecular complexity index is 615. The second-order valence-electron chi connectivity index (χ2n) is 4.84. The second kappa shape index (κ2) is 5.94. The van der Waals surface area contributed by atoms with Crippen molar-refractivity contribution in [2.24, 2.45) is 0 Å². The summed E-state index contributed by atoms with van der Waals surface area (Å²) in [4.78, 5) is 0. The Morgan fingerprint density at radius 2 is 1.75 bits per heavy atom. The van der Waals surface area contributed by atoms with Crippen molar-refractivity contribution in [3.05, 3.63) is 57.3 Å². The van der Waals surface area contributed by atoms with Gasteiger partial charge in [0.25, 0.3) is 0 Å². The first-order valence-corrected chi connectivity index (χ1v) is 7.10. The minimum atomic E-state index is -0.698. The van der Waals surface area contributed by atoms with E-state index < -0.39 is 11.9 Å². The average Bonchev–Trinajstić information content (AvgIpc) is 2.38. The maximum Gasteiger partial charge on any atom is 0.166 e. The predicted octanol–water partition coefficient (Wildman–Crippen LogP) is 5.05. The van der Waals surface area contributed by atoms with Crippen molar-refractivity contribution in [1.82, 2.24) is 0 Å². The summed E-state index contributed by atoms with van der Waals surface area (Å²) in [6, 6.07) is 8.17. The van der Waals surface area contributed by atoms with E-state index in [4.69, 9.17) is 4.74 Å². The van der Waals surface area contributed by atoms with Crippen LogP contribution in [0, 0.1) is 19.7 Å². The summed E-state index contributed by atoms with van der Waals surface area (Å²) in [6.07, 6.45) is -0.698. The highest BCUT2D eigenvalue weighted by atomic mass is 79.9. The van der Waals surface area contributed by atoms with E-state index in [9.17, 15) is 9.50 Å². The number of aliphatic hydroxyl groups is 1. The van der Waals surface area contributed by atoms with Crippen LogP contribution in [0.4, 0.5) is 4.39 Å². The normalized spacial score (nSPS) is 12.3. The third-order valence-corrected chi connectivity index (χ3v) is 4.33. The van der Waals surface area contributed by atoms with Crippen LogP contribution in [0.5, 0.6) is 11.5 Å². The lowest BCUT2D eigenvalue weighted by Crippen LogP contribution is -1.95. The number of hydrogen-bond acceptors (Lipinski definition) is 2. The molecule has 0 aliphatic rings. The second-order valence-corrected chi connectivity index (χ2v) is 5.63. The molecule has 2 aromatic rings. The van der Waals surface area contributed by atoms with E-state index in [1.54, 1.807) is 13.0 Å². The largest absolute Gasteiger partial charge is 0.454 e. The van der Waals surface area contributed by atoms with Crippen LogP contribution < -0.4 is 4.74 Å². The van der Waals surface area contributed by atoms with Gasteiger partial charge in [-0.15, -0.1) is 0 Å². The summed E-state index contributed by atoms with van der Waals surface area (Å²) in [5.41, 5.74) is 2.58. The zero-order valence-corrected chi connectivity index (χ0v) is 13.2. The van der Waals surface area contributed by atoms with E-state index in [0.717, 1.165) is 15.6 Å². The third-order valence-electron chi connectivity index (χ3n) is 3.08. The van der Waals surface area contributed by atoms with Gasteiger partial charge >= 0.3 is 0 Å². The topological polar surface area (TPSA) is 29.5 Å². The molecule has 0 radical (unpaired) electrons. The maximum atomic E-state index is 13.9. The van der Waals surface area contributed by atoms with Gasteiger partial charge in [-0.1, -0.05) is 22.0 Å². The monoisotopic (exact) mass is 338 g/mol. The number of ether oxygens (including phenoxy) is 1. The molecular formula is C16H16BrFO2. The van der Waals surface area contributed by atoms with Gasteiger partial charge in [-0.3, -0.25) is 0 Å². The smallest absolute Gasteiger partial charge is 0.166 e. The molecule has 2 rings (SSSR count). The fraction of sp³-hybridized carbons (Fsp3) is 0.250. The van der Waals surface area contributed by atoms with Crippen molar-refractivity contribution in [3.8, 4) is 11.5 Å². The lowest BCUT2D eigenvalue weighted by atomic mass is 10.1. The third kappa shape index (κ3) is 3.19. The van der Waals surface area contributed by atoms with Crippen LogP contribution in [-0.2, 0) is 0 Å². The van der Waals surface area contributed by atoms with E-state index in [1.165, 1.54) is 12.1 Å². The molecule has 0 aliphatic carbocycles. The van der Waals surface area contributed by atoms with Gasteiger partial charge in [-0.05, 0) is 61.7 Å². The van der Waals surface area contributed by atoms with E-state index in [0.29, 0.717) is 11.3 Å². The standard InChI is InChI=1S/C16H16BrFO2/c1-9-6-13(7-10(2)16(9)17)20-15-5-4-12(11(3)19)8-14(15)18/h4-8,11,19H,1-3H3/t11-/m0/s1. The van der Waals surface area contributed by atoms with Crippen molar-refractivity contribution in [2.45, 2.75) is 26.9 Å². The number of benzene rings is 2. The van der Waals surface area contributed by atoms with Gasteiger partial charge in [0.05, 0.1) is 6.10 Å². The van der Waals surface area contributed by atoms with Gasteiger partial charge in [0.1, 0.15) is 5.75 Å². The van der Waals surface area contributed by atoms with E-state index >= 15 is 0 Å². The van der Waals surface area contributed by atoms with E-state index in [1.807, 2.05) is 26.0 Å². The number of aliphatic hydroxyl groups excluding tert-OH is 1. The van der Waals surface area contributed by atoms with E-state index in [2.05, 4.69) is 15.9 Å². The Morgan fingerprint density at radius 1 is 1.15 bits per heavy atom. The summed E-state index contributed by atoms with van der Waals surface area (Å²) in [7, 11) is 0. The lowest BCUT2D eigenvalue weighted by molar-refractivity contribution is 0.198. The van der Waals surface area contributed by atoms with Crippen LogP contribution in [0.25, 0.3) is 0 Å².